The van der Waals surface area contributed by atoms with Crippen LogP contribution in [0.4, 0.5) is 4.39 Å². The molecular formula is C14H18FN3. The highest BCUT2D eigenvalue weighted by Crippen LogP contribution is 2.16. The highest BCUT2D eigenvalue weighted by Gasteiger charge is 2.11. The lowest BCUT2D eigenvalue weighted by Gasteiger charge is -2.08. The summed E-state index contributed by atoms with van der Waals surface area (Å²) < 4.78 is 15.0. The second kappa shape index (κ2) is 4.90. The van der Waals surface area contributed by atoms with Gasteiger partial charge < -0.3 is 5.73 Å². The SMILES string of the molecule is Cc1cc(F)ccc1Cn1nc(C)c(CN)c1C. The number of hydrogen-bond donors (Lipinski definition) is 1. The van der Waals surface area contributed by atoms with E-state index in [1.807, 2.05) is 31.5 Å². The van der Waals surface area contributed by atoms with Crippen LogP contribution in [0.25, 0.3) is 0 Å². The van der Waals surface area contributed by atoms with Crippen molar-refractivity contribution >= 4 is 0 Å². The van der Waals surface area contributed by atoms with Crippen LogP contribution in [0, 0.1) is 26.6 Å². The van der Waals surface area contributed by atoms with Crippen molar-refractivity contribution in [2.24, 2.45) is 5.73 Å². The lowest BCUT2D eigenvalue weighted by Crippen LogP contribution is -2.06. The molecular weight excluding hydrogens is 229 g/mol. The first-order valence-corrected chi connectivity index (χ1v) is 6.01. The van der Waals surface area contributed by atoms with E-state index in [1.54, 1.807) is 6.07 Å². The third kappa shape index (κ3) is 2.29. The standard InChI is InChI=1S/C14H18FN3/c1-9-6-13(15)5-4-12(9)8-18-11(3)14(7-16)10(2)17-18/h4-6H,7-8,16H2,1-3H3. The Morgan fingerprint density at radius 2 is 2.00 bits per heavy atom. The first-order valence-electron chi connectivity index (χ1n) is 6.01. The van der Waals surface area contributed by atoms with Gasteiger partial charge in [-0.2, -0.15) is 5.10 Å². The van der Waals surface area contributed by atoms with Gasteiger partial charge >= 0.3 is 0 Å². The summed E-state index contributed by atoms with van der Waals surface area (Å²) in [6.07, 6.45) is 0. The van der Waals surface area contributed by atoms with Crippen LogP contribution in [-0.2, 0) is 13.1 Å². The normalized spacial score (nSPS) is 10.9. The molecule has 0 aliphatic carbocycles. The Balaban J connectivity index is 2.34. The molecule has 0 saturated carbocycles. The third-order valence-corrected chi connectivity index (χ3v) is 3.36. The summed E-state index contributed by atoms with van der Waals surface area (Å²) in [6.45, 7) is 7.04. The molecule has 2 aromatic rings. The summed E-state index contributed by atoms with van der Waals surface area (Å²) in [5, 5.41) is 4.48. The molecule has 0 aliphatic rings. The number of halogens is 1. The zero-order valence-electron chi connectivity index (χ0n) is 11.0. The van der Waals surface area contributed by atoms with Crippen LogP contribution in [0.15, 0.2) is 18.2 Å². The maximum atomic E-state index is 13.0. The van der Waals surface area contributed by atoms with Crippen molar-refractivity contribution in [3.8, 4) is 0 Å². The Kier molecular flexibility index (Phi) is 3.48. The summed E-state index contributed by atoms with van der Waals surface area (Å²) >= 11 is 0. The van der Waals surface area contributed by atoms with Crippen LogP contribution in [0.3, 0.4) is 0 Å². The van der Waals surface area contributed by atoms with Crippen molar-refractivity contribution in [2.45, 2.75) is 33.9 Å². The van der Waals surface area contributed by atoms with E-state index in [1.165, 1.54) is 6.07 Å². The Morgan fingerprint density at radius 3 is 2.56 bits per heavy atom. The molecule has 0 bridgehead atoms. The maximum absolute atomic E-state index is 13.0. The predicted octanol–water partition coefficient (Wildman–Crippen LogP) is 2.45. The highest BCUT2D eigenvalue weighted by molar-refractivity contribution is 5.29. The van der Waals surface area contributed by atoms with E-state index in [9.17, 15) is 4.39 Å². The number of aryl methyl sites for hydroxylation is 2. The van der Waals surface area contributed by atoms with Crippen molar-refractivity contribution in [1.29, 1.82) is 0 Å². The number of nitrogens with two attached hydrogens (primary N) is 1. The van der Waals surface area contributed by atoms with Gasteiger partial charge in [0.1, 0.15) is 5.82 Å². The molecule has 1 heterocycles. The fraction of sp³-hybridized carbons (Fsp3) is 0.357. The zero-order chi connectivity index (χ0) is 13.3. The minimum absolute atomic E-state index is 0.202. The molecule has 0 aliphatic heterocycles. The summed E-state index contributed by atoms with van der Waals surface area (Å²) in [4.78, 5) is 0. The van der Waals surface area contributed by atoms with Crippen molar-refractivity contribution in [3.63, 3.8) is 0 Å². The van der Waals surface area contributed by atoms with E-state index in [0.717, 1.165) is 28.1 Å². The molecule has 0 fully saturated rings. The van der Waals surface area contributed by atoms with Crippen LogP contribution >= 0.6 is 0 Å². The first-order chi connectivity index (χ1) is 8.52. The number of hydrogen-bond acceptors (Lipinski definition) is 2. The second-order valence-electron chi connectivity index (χ2n) is 4.58. The van der Waals surface area contributed by atoms with Crippen LogP contribution in [-0.4, -0.2) is 9.78 Å². The average molecular weight is 247 g/mol. The highest BCUT2D eigenvalue weighted by atomic mass is 19.1. The fourth-order valence-corrected chi connectivity index (χ4v) is 2.18. The molecule has 2 rings (SSSR count). The van der Waals surface area contributed by atoms with Gasteiger partial charge in [0.15, 0.2) is 0 Å². The van der Waals surface area contributed by atoms with Crippen molar-refractivity contribution < 1.29 is 4.39 Å². The van der Waals surface area contributed by atoms with Gasteiger partial charge in [0.05, 0.1) is 12.2 Å². The molecule has 2 N–H and O–H groups in total. The minimum Gasteiger partial charge on any atom is -0.326 e. The quantitative estimate of drug-likeness (QED) is 0.905. The topological polar surface area (TPSA) is 43.8 Å². The van der Waals surface area contributed by atoms with Gasteiger partial charge in [-0.15, -0.1) is 0 Å². The number of rotatable bonds is 3. The van der Waals surface area contributed by atoms with E-state index >= 15 is 0 Å². The largest absolute Gasteiger partial charge is 0.326 e. The van der Waals surface area contributed by atoms with Gasteiger partial charge in [-0.3, -0.25) is 4.68 Å². The summed E-state index contributed by atoms with van der Waals surface area (Å²) in [5.74, 6) is -0.202. The van der Waals surface area contributed by atoms with Crippen LogP contribution in [0.1, 0.15) is 28.1 Å². The molecule has 0 radical (unpaired) electrons. The van der Waals surface area contributed by atoms with Crippen molar-refractivity contribution in [3.05, 3.63) is 52.1 Å². The van der Waals surface area contributed by atoms with Gasteiger partial charge in [0, 0.05) is 17.8 Å². The van der Waals surface area contributed by atoms with E-state index in [4.69, 9.17) is 5.73 Å². The third-order valence-electron chi connectivity index (χ3n) is 3.36. The van der Waals surface area contributed by atoms with Crippen molar-refractivity contribution in [1.82, 2.24) is 9.78 Å². The number of benzene rings is 1. The van der Waals surface area contributed by atoms with Crippen molar-refractivity contribution in [2.75, 3.05) is 0 Å². The second-order valence-corrected chi connectivity index (χ2v) is 4.58. The molecule has 3 nitrogen and oxygen atoms in total. The van der Waals surface area contributed by atoms with Gasteiger partial charge in [-0.25, -0.2) is 4.39 Å². The molecule has 0 unspecified atom stereocenters. The molecule has 18 heavy (non-hydrogen) atoms. The van der Waals surface area contributed by atoms with E-state index in [-0.39, 0.29) is 5.82 Å². The molecule has 0 saturated heterocycles. The van der Waals surface area contributed by atoms with Gasteiger partial charge in [0.25, 0.3) is 0 Å². The molecule has 0 atom stereocenters. The molecule has 96 valence electrons. The molecule has 1 aromatic heterocycles. The monoisotopic (exact) mass is 247 g/mol. The number of aromatic nitrogens is 2. The van der Waals surface area contributed by atoms with Crippen LogP contribution in [0.2, 0.25) is 0 Å². The Bertz CT molecular complexity index is 573. The van der Waals surface area contributed by atoms with E-state index < -0.39 is 0 Å². The Hall–Kier alpha value is -1.68. The molecule has 1 aromatic carbocycles. The summed E-state index contributed by atoms with van der Waals surface area (Å²) in [5.41, 5.74) is 10.9. The van der Waals surface area contributed by atoms with Gasteiger partial charge in [-0.05, 0) is 44.0 Å². The smallest absolute Gasteiger partial charge is 0.123 e. The first kappa shape index (κ1) is 12.8. The van der Waals surface area contributed by atoms with Gasteiger partial charge in [0.2, 0.25) is 0 Å². The Labute approximate surface area is 106 Å². The molecule has 0 amide bonds. The fourth-order valence-electron chi connectivity index (χ4n) is 2.18. The summed E-state index contributed by atoms with van der Waals surface area (Å²) in [6, 6.07) is 4.84. The maximum Gasteiger partial charge on any atom is 0.123 e. The zero-order valence-corrected chi connectivity index (χ0v) is 11.0. The van der Waals surface area contributed by atoms with Gasteiger partial charge in [-0.1, -0.05) is 6.07 Å². The summed E-state index contributed by atoms with van der Waals surface area (Å²) in [7, 11) is 0. The average Bonchev–Trinajstić information content (AvgIpc) is 2.58. The van der Waals surface area contributed by atoms with E-state index in [2.05, 4.69) is 5.10 Å². The van der Waals surface area contributed by atoms with Crippen LogP contribution < -0.4 is 5.73 Å². The van der Waals surface area contributed by atoms with Crippen LogP contribution in [0.5, 0.6) is 0 Å². The number of nitrogens with zero attached hydrogens (tertiary/aromatic N) is 2. The predicted molar refractivity (Wildman–Crippen MR) is 69.8 cm³/mol. The van der Waals surface area contributed by atoms with E-state index in [0.29, 0.717) is 13.1 Å². The minimum atomic E-state index is -0.202. The molecule has 4 heteroatoms. The lowest BCUT2D eigenvalue weighted by molar-refractivity contribution is 0.620. The lowest BCUT2D eigenvalue weighted by atomic mass is 10.1. The Morgan fingerprint density at radius 1 is 1.28 bits per heavy atom. The molecule has 0 spiro atoms.